The van der Waals surface area contributed by atoms with Gasteiger partial charge in [-0.15, -0.1) is 0 Å². The maximum atomic E-state index is 6.02. The third kappa shape index (κ3) is 1.45. The summed E-state index contributed by atoms with van der Waals surface area (Å²) < 4.78 is 1.78. The summed E-state index contributed by atoms with van der Waals surface area (Å²) in [5, 5.41) is 0. The fraction of sp³-hybridized carbons (Fsp3) is 0.615. The van der Waals surface area contributed by atoms with E-state index in [4.69, 9.17) is 11.5 Å². The average molecular weight is 258 g/mol. The second kappa shape index (κ2) is 3.59. The van der Waals surface area contributed by atoms with Crippen LogP contribution in [0.2, 0.25) is 0 Å². The van der Waals surface area contributed by atoms with E-state index < -0.39 is 0 Å². The Labute approximate surface area is 111 Å². The SMILES string of the molecule is Cn1c(N)nc2c(N)nc(C3CC4CCC3C4)nc21. The first-order valence-corrected chi connectivity index (χ1v) is 6.88. The summed E-state index contributed by atoms with van der Waals surface area (Å²) in [5.74, 6) is 3.86. The Hall–Kier alpha value is -1.85. The van der Waals surface area contributed by atoms with E-state index >= 15 is 0 Å². The lowest BCUT2D eigenvalue weighted by Crippen LogP contribution is -2.13. The molecular formula is C13H18N6. The molecule has 0 saturated heterocycles. The summed E-state index contributed by atoms with van der Waals surface area (Å²) in [5.41, 5.74) is 13.2. The predicted molar refractivity (Wildman–Crippen MR) is 73.3 cm³/mol. The second-order valence-corrected chi connectivity index (χ2v) is 5.95. The van der Waals surface area contributed by atoms with Gasteiger partial charge in [-0.25, -0.2) is 15.0 Å². The van der Waals surface area contributed by atoms with Crippen molar-refractivity contribution in [2.24, 2.45) is 18.9 Å². The van der Waals surface area contributed by atoms with E-state index in [0.717, 1.165) is 23.3 Å². The van der Waals surface area contributed by atoms with E-state index in [1.807, 2.05) is 7.05 Å². The zero-order chi connectivity index (χ0) is 13.1. The molecule has 0 spiro atoms. The number of fused-ring (bicyclic) bond motifs is 3. The largest absolute Gasteiger partial charge is 0.382 e. The van der Waals surface area contributed by atoms with Crippen LogP contribution in [0.1, 0.15) is 37.4 Å². The van der Waals surface area contributed by atoms with Gasteiger partial charge in [-0.2, -0.15) is 0 Å². The molecule has 100 valence electrons. The number of nitrogens with two attached hydrogens (primary N) is 2. The normalized spacial score (nSPS) is 29.4. The molecule has 2 aromatic heterocycles. The van der Waals surface area contributed by atoms with Crippen molar-refractivity contribution in [1.29, 1.82) is 0 Å². The number of nitrogen functional groups attached to an aromatic ring is 2. The van der Waals surface area contributed by atoms with Gasteiger partial charge in [0.1, 0.15) is 5.82 Å². The van der Waals surface area contributed by atoms with Crippen LogP contribution in [0.4, 0.5) is 11.8 Å². The van der Waals surface area contributed by atoms with Gasteiger partial charge in [0.25, 0.3) is 0 Å². The molecule has 4 rings (SSSR count). The fourth-order valence-corrected chi connectivity index (χ4v) is 3.84. The van der Waals surface area contributed by atoms with Gasteiger partial charge < -0.3 is 11.5 Å². The Balaban J connectivity index is 1.85. The van der Waals surface area contributed by atoms with Gasteiger partial charge in [0.2, 0.25) is 5.95 Å². The van der Waals surface area contributed by atoms with Crippen molar-refractivity contribution >= 4 is 22.9 Å². The van der Waals surface area contributed by atoms with Crippen LogP contribution in [0.3, 0.4) is 0 Å². The van der Waals surface area contributed by atoms with Crippen LogP contribution >= 0.6 is 0 Å². The summed E-state index contributed by atoms with van der Waals surface area (Å²) >= 11 is 0. The number of anilines is 2. The molecule has 3 atom stereocenters. The number of aromatic nitrogens is 4. The Kier molecular flexibility index (Phi) is 2.08. The van der Waals surface area contributed by atoms with E-state index in [9.17, 15) is 0 Å². The standard InChI is InChI=1S/C13H18N6/c1-19-12-9(16-13(19)15)10(14)17-11(18-12)8-5-6-2-3-7(8)4-6/h6-8H,2-5H2,1H3,(H2,15,16)(H2,14,17,18). The predicted octanol–water partition coefficient (Wildman–Crippen LogP) is 1.43. The van der Waals surface area contributed by atoms with Crippen LogP contribution in [0.5, 0.6) is 0 Å². The summed E-state index contributed by atoms with van der Waals surface area (Å²) in [7, 11) is 1.86. The first-order valence-electron chi connectivity index (χ1n) is 6.88. The van der Waals surface area contributed by atoms with Gasteiger partial charge in [-0.1, -0.05) is 6.42 Å². The Morgan fingerprint density at radius 1 is 1.11 bits per heavy atom. The molecule has 4 N–H and O–H groups in total. The number of hydrogen-bond donors (Lipinski definition) is 2. The van der Waals surface area contributed by atoms with Crippen LogP contribution in [0.25, 0.3) is 11.2 Å². The van der Waals surface area contributed by atoms with E-state index in [-0.39, 0.29) is 0 Å². The van der Waals surface area contributed by atoms with Gasteiger partial charge in [0.05, 0.1) is 0 Å². The molecule has 2 heterocycles. The third-order valence-corrected chi connectivity index (χ3v) is 4.87. The Morgan fingerprint density at radius 2 is 1.95 bits per heavy atom. The molecule has 2 bridgehead atoms. The van der Waals surface area contributed by atoms with Crippen LogP contribution in [-0.4, -0.2) is 19.5 Å². The molecule has 0 aromatic carbocycles. The molecular weight excluding hydrogens is 240 g/mol. The third-order valence-electron chi connectivity index (χ3n) is 4.87. The number of rotatable bonds is 1. The molecule has 0 radical (unpaired) electrons. The number of hydrogen-bond acceptors (Lipinski definition) is 5. The molecule has 3 unspecified atom stereocenters. The quantitative estimate of drug-likeness (QED) is 0.806. The fourth-order valence-electron chi connectivity index (χ4n) is 3.84. The molecule has 19 heavy (non-hydrogen) atoms. The van der Waals surface area contributed by atoms with E-state index in [2.05, 4.69) is 15.0 Å². The van der Waals surface area contributed by atoms with E-state index in [0.29, 0.717) is 23.2 Å². The summed E-state index contributed by atoms with van der Waals surface area (Å²) in [6.45, 7) is 0. The molecule has 2 aromatic rings. The minimum absolute atomic E-state index is 0.432. The summed E-state index contributed by atoms with van der Waals surface area (Å²) in [6.07, 6.45) is 5.23. The number of aryl methyl sites for hydroxylation is 1. The van der Waals surface area contributed by atoms with Crippen molar-refractivity contribution in [2.75, 3.05) is 11.5 Å². The second-order valence-electron chi connectivity index (χ2n) is 5.95. The van der Waals surface area contributed by atoms with Crippen molar-refractivity contribution in [1.82, 2.24) is 19.5 Å². The Morgan fingerprint density at radius 3 is 2.63 bits per heavy atom. The smallest absolute Gasteiger partial charge is 0.202 e. The summed E-state index contributed by atoms with van der Waals surface area (Å²) in [4.78, 5) is 13.4. The van der Waals surface area contributed by atoms with Crippen molar-refractivity contribution in [3.63, 3.8) is 0 Å². The van der Waals surface area contributed by atoms with Crippen molar-refractivity contribution in [2.45, 2.75) is 31.6 Å². The highest BCUT2D eigenvalue weighted by atomic mass is 15.2. The van der Waals surface area contributed by atoms with Gasteiger partial charge in [0.15, 0.2) is 17.0 Å². The molecule has 2 aliphatic carbocycles. The van der Waals surface area contributed by atoms with Gasteiger partial charge in [-0.3, -0.25) is 4.57 Å². The Bertz CT molecular complexity index is 661. The average Bonchev–Trinajstić information content (AvgIpc) is 3.07. The minimum Gasteiger partial charge on any atom is -0.382 e. The minimum atomic E-state index is 0.432. The van der Waals surface area contributed by atoms with Crippen molar-refractivity contribution in [3.05, 3.63) is 5.82 Å². The maximum Gasteiger partial charge on any atom is 0.202 e. The van der Waals surface area contributed by atoms with Crippen LogP contribution in [-0.2, 0) is 7.05 Å². The van der Waals surface area contributed by atoms with Crippen LogP contribution in [0.15, 0.2) is 0 Å². The summed E-state index contributed by atoms with van der Waals surface area (Å²) in [6, 6.07) is 0. The zero-order valence-corrected chi connectivity index (χ0v) is 11.0. The first kappa shape index (κ1) is 11.0. The van der Waals surface area contributed by atoms with Crippen molar-refractivity contribution in [3.8, 4) is 0 Å². The maximum absolute atomic E-state index is 6.02. The van der Waals surface area contributed by atoms with Gasteiger partial charge in [-0.05, 0) is 31.1 Å². The lowest BCUT2D eigenvalue weighted by molar-refractivity contribution is 0.406. The zero-order valence-electron chi connectivity index (χ0n) is 11.0. The monoisotopic (exact) mass is 258 g/mol. The van der Waals surface area contributed by atoms with E-state index in [1.165, 1.54) is 25.7 Å². The highest BCUT2D eigenvalue weighted by Crippen LogP contribution is 2.52. The number of imidazole rings is 1. The van der Waals surface area contributed by atoms with E-state index in [1.54, 1.807) is 4.57 Å². The molecule has 6 heteroatoms. The lowest BCUT2D eigenvalue weighted by atomic mass is 9.88. The highest BCUT2D eigenvalue weighted by Gasteiger charge is 2.41. The van der Waals surface area contributed by atoms with Gasteiger partial charge in [0, 0.05) is 13.0 Å². The molecule has 0 aliphatic heterocycles. The lowest BCUT2D eigenvalue weighted by Gasteiger charge is -2.20. The molecule has 0 amide bonds. The number of nitrogens with zero attached hydrogens (tertiary/aromatic N) is 4. The van der Waals surface area contributed by atoms with Crippen molar-refractivity contribution < 1.29 is 0 Å². The van der Waals surface area contributed by atoms with Gasteiger partial charge >= 0.3 is 0 Å². The highest BCUT2D eigenvalue weighted by molar-refractivity contribution is 5.83. The van der Waals surface area contributed by atoms with Crippen LogP contribution < -0.4 is 11.5 Å². The molecule has 2 aliphatic rings. The van der Waals surface area contributed by atoms with Crippen LogP contribution in [0, 0.1) is 11.8 Å². The molecule has 2 fully saturated rings. The first-order chi connectivity index (χ1) is 9.13. The molecule has 6 nitrogen and oxygen atoms in total. The topological polar surface area (TPSA) is 95.6 Å². The molecule has 2 saturated carbocycles.